The van der Waals surface area contributed by atoms with Crippen molar-refractivity contribution in [1.29, 1.82) is 0 Å². The Bertz CT molecular complexity index is 503. The van der Waals surface area contributed by atoms with E-state index in [0.29, 0.717) is 0 Å². The van der Waals surface area contributed by atoms with E-state index in [0.717, 1.165) is 11.8 Å². The Morgan fingerprint density at radius 1 is 1.24 bits per heavy atom. The van der Waals surface area contributed by atoms with E-state index in [4.69, 9.17) is 0 Å². The van der Waals surface area contributed by atoms with Gasteiger partial charge in [-0.05, 0) is 11.2 Å². The number of alkyl halides is 3. The topological polar surface area (TPSA) is 19.2 Å². The number of aromatic nitrogens is 1. The molecule has 1 unspecified atom stereocenters. The summed E-state index contributed by atoms with van der Waals surface area (Å²) in [5.74, 6) is 0. The molecule has 1 aromatic heterocycles. The summed E-state index contributed by atoms with van der Waals surface area (Å²) in [7, 11) is 3.33. The smallest absolute Gasteiger partial charge is 0.199 e. The van der Waals surface area contributed by atoms with Crippen molar-refractivity contribution in [2.45, 2.75) is 12.2 Å². The van der Waals surface area contributed by atoms with Crippen LogP contribution in [0.1, 0.15) is 11.7 Å². The third-order valence-electron chi connectivity index (χ3n) is 2.67. The Morgan fingerprint density at radius 3 is 2.47 bits per heavy atom. The van der Waals surface area contributed by atoms with Crippen LogP contribution >= 0.6 is 0 Å². The maximum absolute atomic E-state index is 12.5. The maximum Gasteiger partial charge on any atom is 0.439 e. The molecule has 0 spiro atoms. The number of nitrogens with zero attached hydrogens (tertiary/aromatic N) is 3. The molecule has 2 rings (SSSR count). The van der Waals surface area contributed by atoms with Crippen LogP contribution < -0.4 is 4.57 Å². The van der Waals surface area contributed by atoms with Crippen LogP contribution in [0.3, 0.4) is 0 Å². The van der Waals surface area contributed by atoms with Crippen LogP contribution in [0, 0.1) is 0 Å². The van der Waals surface area contributed by atoms with E-state index >= 15 is 0 Å². The molecule has 0 aliphatic carbocycles. The molecule has 1 aliphatic heterocycles. The number of pyridine rings is 1. The first-order valence-corrected chi connectivity index (χ1v) is 5.07. The van der Waals surface area contributed by atoms with Crippen LogP contribution in [0.25, 0.3) is 0 Å². The molecule has 0 amide bonds. The summed E-state index contributed by atoms with van der Waals surface area (Å²) in [4.78, 5) is 0. The lowest BCUT2D eigenvalue weighted by Gasteiger charge is -2.00. The molecule has 0 radical (unpaired) electrons. The zero-order valence-electron chi connectivity index (χ0n) is 9.44. The van der Waals surface area contributed by atoms with Crippen molar-refractivity contribution < 1.29 is 22.4 Å². The van der Waals surface area contributed by atoms with Gasteiger partial charge in [-0.1, -0.05) is 0 Å². The number of allylic oxidation sites excluding steroid dienone is 1. The Morgan fingerprint density at radius 2 is 1.94 bits per heavy atom. The van der Waals surface area contributed by atoms with Gasteiger partial charge in [-0.3, -0.25) is 0 Å². The molecule has 1 atom stereocenters. The van der Waals surface area contributed by atoms with Crippen LogP contribution in [0.5, 0.6) is 0 Å². The van der Waals surface area contributed by atoms with Crippen molar-refractivity contribution in [3.05, 3.63) is 41.9 Å². The van der Waals surface area contributed by atoms with Gasteiger partial charge in [-0.15, -0.1) is 4.70 Å². The van der Waals surface area contributed by atoms with E-state index in [-0.39, 0.29) is 0 Å². The van der Waals surface area contributed by atoms with Crippen molar-refractivity contribution in [1.82, 2.24) is 0 Å². The van der Waals surface area contributed by atoms with Gasteiger partial charge in [0.2, 0.25) is 5.70 Å². The van der Waals surface area contributed by atoms with Crippen molar-refractivity contribution in [2.24, 2.45) is 12.2 Å². The van der Waals surface area contributed by atoms with Gasteiger partial charge in [0.05, 0.1) is 0 Å². The predicted molar refractivity (Wildman–Crippen MR) is 53.1 cm³/mol. The van der Waals surface area contributed by atoms with Gasteiger partial charge in [0, 0.05) is 18.2 Å². The van der Waals surface area contributed by atoms with E-state index < -0.39 is 17.9 Å². The lowest BCUT2D eigenvalue weighted by molar-refractivity contribution is -0.706. The molecule has 90 valence electrons. The van der Waals surface area contributed by atoms with Crippen molar-refractivity contribution in [3.8, 4) is 0 Å². The molecular weight excluding hydrogens is 231 g/mol. The van der Waals surface area contributed by atoms with E-state index in [1.165, 1.54) is 11.7 Å². The van der Waals surface area contributed by atoms with Crippen LogP contribution in [-0.4, -0.2) is 17.9 Å². The molecule has 17 heavy (non-hydrogen) atoms. The molecule has 0 fully saturated rings. The second-order valence-corrected chi connectivity index (χ2v) is 3.90. The molecule has 6 heteroatoms. The predicted octanol–water partition coefficient (Wildman–Crippen LogP) is 2.11. The van der Waals surface area contributed by atoms with Gasteiger partial charge in [0.1, 0.15) is 7.05 Å². The van der Waals surface area contributed by atoms with Crippen LogP contribution in [0.4, 0.5) is 13.2 Å². The fraction of sp³-hybridized carbons (Fsp3) is 0.364. The summed E-state index contributed by atoms with van der Waals surface area (Å²) in [5, 5.41) is 3.51. The van der Waals surface area contributed by atoms with Gasteiger partial charge in [-0.25, -0.2) is 0 Å². The van der Waals surface area contributed by atoms with Gasteiger partial charge < -0.3 is 0 Å². The number of hydrogen-bond donors (Lipinski definition) is 0. The Hall–Kier alpha value is -1.72. The number of aryl methyl sites for hydroxylation is 1. The first kappa shape index (κ1) is 11.8. The zero-order chi connectivity index (χ0) is 12.6. The quantitative estimate of drug-likeness (QED) is 0.673. The number of likely N-dealkylation sites (N-methyl/N-ethyl adjacent to an activating group) is 1. The summed E-state index contributed by atoms with van der Waals surface area (Å²) >= 11 is 0. The standard InChI is InChI=1S/C11H12F3N3/c1-16-6-4-3-5-8(16)9-7-10(11(12,13)14)15-17(9)2/h3-7,9H,1-2H3/q+2. The normalized spacial score (nSPS) is 20.2. The van der Waals surface area contributed by atoms with Crippen LogP contribution in [-0.2, 0) is 7.05 Å². The lowest BCUT2D eigenvalue weighted by atomic mass is 10.1. The van der Waals surface area contributed by atoms with E-state index in [2.05, 4.69) is 5.11 Å². The second kappa shape index (κ2) is 3.94. The van der Waals surface area contributed by atoms with Crippen LogP contribution in [0.2, 0.25) is 0 Å². The molecule has 0 bridgehead atoms. The number of halogens is 3. The van der Waals surface area contributed by atoms with Crippen molar-refractivity contribution in [2.75, 3.05) is 7.05 Å². The van der Waals surface area contributed by atoms with Gasteiger partial charge in [0.15, 0.2) is 13.2 Å². The molecule has 3 nitrogen and oxygen atoms in total. The zero-order valence-corrected chi connectivity index (χ0v) is 9.44. The minimum atomic E-state index is -4.39. The molecular formula is C11H12F3N3+2. The fourth-order valence-electron chi connectivity index (χ4n) is 1.79. The van der Waals surface area contributed by atoms with Crippen molar-refractivity contribution >= 4 is 0 Å². The summed E-state index contributed by atoms with van der Waals surface area (Å²) < 4.78 is 40.7. The molecule has 0 N–H and O–H groups in total. The average Bonchev–Trinajstić information content (AvgIpc) is 2.61. The number of rotatable bonds is 1. The molecule has 0 aromatic carbocycles. The minimum absolute atomic E-state index is 0.474. The molecule has 0 saturated heterocycles. The molecule has 2 heterocycles. The van der Waals surface area contributed by atoms with E-state index in [1.807, 2.05) is 6.07 Å². The van der Waals surface area contributed by atoms with E-state index in [1.54, 1.807) is 29.9 Å². The monoisotopic (exact) mass is 243 g/mol. The van der Waals surface area contributed by atoms with Gasteiger partial charge in [0.25, 0.3) is 11.7 Å². The molecule has 1 aliphatic rings. The maximum atomic E-state index is 12.5. The summed E-state index contributed by atoms with van der Waals surface area (Å²) in [6, 6.07) is 4.93. The highest BCUT2D eigenvalue weighted by atomic mass is 19.4. The summed E-state index contributed by atoms with van der Waals surface area (Å²) in [5.41, 5.74) is -0.0770. The van der Waals surface area contributed by atoms with E-state index in [9.17, 15) is 13.2 Å². The summed E-state index contributed by atoms with van der Waals surface area (Å²) in [6.45, 7) is 0. The Balaban J connectivity index is 2.41. The Kier molecular flexibility index (Phi) is 2.73. The van der Waals surface area contributed by atoms with Gasteiger partial charge in [-0.2, -0.15) is 17.7 Å². The Labute approximate surface area is 96.5 Å². The molecule has 1 aromatic rings. The largest absolute Gasteiger partial charge is 0.439 e. The highest BCUT2D eigenvalue weighted by molar-refractivity contribution is 5.16. The van der Waals surface area contributed by atoms with Gasteiger partial charge >= 0.3 is 6.18 Å². The first-order valence-electron chi connectivity index (χ1n) is 5.07. The third kappa shape index (κ3) is 2.20. The minimum Gasteiger partial charge on any atom is -0.199 e. The summed E-state index contributed by atoms with van der Waals surface area (Å²) in [6.07, 6.45) is -1.46. The van der Waals surface area contributed by atoms with Crippen molar-refractivity contribution in [3.63, 3.8) is 0 Å². The highest BCUT2D eigenvalue weighted by Crippen LogP contribution is 2.34. The fourth-order valence-corrected chi connectivity index (χ4v) is 1.79. The third-order valence-corrected chi connectivity index (χ3v) is 2.67. The second-order valence-electron chi connectivity index (χ2n) is 3.90. The highest BCUT2D eigenvalue weighted by Gasteiger charge is 2.44. The number of azo groups is 2. The SMILES string of the molecule is C[N+]1=NC(C(F)(F)F)=CC1c1cccc[n+]1C. The van der Waals surface area contributed by atoms with Crippen LogP contribution in [0.15, 0.2) is 41.3 Å². The number of hydrogen-bond acceptors (Lipinski definition) is 1. The molecule has 0 saturated carbocycles. The lowest BCUT2D eigenvalue weighted by Crippen LogP contribution is -2.35. The first-order chi connectivity index (χ1) is 7.89. The average molecular weight is 243 g/mol.